The van der Waals surface area contributed by atoms with Crippen molar-refractivity contribution in [3.8, 4) is 5.75 Å². The standard InChI is InChI=1S/C14H17BrN2OS/c1-3-16-7-11-4-5-13(12(15)6-11)18-8-14-17-10(2)9-19-14/h4-6,9,16H,3,7-8H2,1-2H3. The fraction of sp³-hybridized carbons (Fsp3) is 0.357. The van der Waals surface area contributed by atoms with Crippen LogP contribution in [-0.4, -0.2) is 11.5 Å². The van der Waals surface area contributed by atoms with E-state index in [9.17, 15) is 0 Å². The number of aryl methyl sites for hydroxylation is 1. The molecule has 0 saturated heterocycles. The Balaban J connectivity index is 1.96. The summed E-state index contributed by atoms with van der Waals surface area (Å²) in [6, 6.07) is 6.16. The number of hydrogen-bond donors (Lipinski definition) is 1. The molecule has 0 saturated carbocycles. The summed E-state index contributed by atoms with van der Waals surface area (Å²) in [4.78, 5) is 4.38. The number of thiazole rings is 1. The van der Waals surface area contributed by atoms with E-state index in [4.69, 9.17) is 4.74 Å². The zero-order chi connectivity index (χ0) is 13.7. The maximum Gasteiger partial charge on any atom is 0.140 e. The topological polar surface area (TPSA) is 34.1 Å². The second-order valence-electron chi connectivity index (χ2n) is 4.22. The lowest BCUT2D eigenvalue weighted by Crippen LogP contribution is -2.11. The molecule has 0 aliphatic heterocycles. The van der Waals surface area contributed by atoms with Crippen LogP contribution >= 0.6 is 27.3 Å². The Morgan fingerprint density at radius 3 is 2.89 bits per heavy atom. The molecule has 0 unspecified atom stereocenters. The van der Waals surface area contributed by atoms with Gasteiger partial charge >= 0.3 is 0 Å². The largest absolute Gasteiger partial charge is 0.485 e. The molecule has 19 heavy (non-hydrogen) atoms. The van der Waals surface area contributed by atoms with Crippen molar-refractivity contribution in [2.24, 2.45) is 0 Å². The van der Waals surface area contributed by atoms with Crippen molar-refractivity contribution in [3.63, 3.8) is 0 Å². The van der Waals surface area contributed by atoms with E-state index in [1.165, 1.54) is 5.56 Å². The first kappa shape index (κ1) is 14.5. The minimum atomic E-state index is 0.518. The Labute approximate surface area is 126 Å². The summed E-state index contributed by atoms with van der Waals surface area (Å²) in [7, 11) is 0. The number of nitrogens with one attached hydrogen (secondary N) is 1. The van der Waals surface area contributed by atoms with Crippen molar-refractivity contribution in [3.05, 3.63) is 44.3 Å². The predicted molar refractivity (Wildman–Crippen MR) is 82.7 cm³/mol. The van der Waals surface area contributed by atoms with Gasteiger partial charge in [-0.05, 0) is 47.1 Å². The highest BCUT2D eigenvalue weighted by Gasteiger charge is 2.05. The summed E-state index contributed by atoms with van der Waals surface area (Å²) in [5.74, 6) is 0.855. The van der Waals surface area contributed by atoms with E-state index in [0.29, 0.717) is 6.61 Å². The zero-order valence-corrected chi connectivity index (χ0v) is 13.5. The Kier molecular flexibility index (Phi) is 5.36. The number of halogens is 1. The van der Waals surface area contributed by atoms with Gasteiger partial charge in [0.15, 0.2) is 0 Å². The van der Waals surface area contributed by atoms with Gasteiger partial charge in [0.2, 0.25) is 0 Å². The highest BCUT2D eigenvalue weighted by molar-refractivity contribution is 9.10. The molecule has 0 aliphatic rings. The molecular weight excluding hydrogens is 324 g/mol. The highest BCUT2D eigenvalue weighted by atomic mass is 79.9. The first-order chi connectivity index (χ1) is 9.19. The van der Waals surface area contributed by atoms with Crippen LogP contribution in [0.4, 0.5) is 0 Å². The van der Waals surface area contributed by atoms with E-state index < -0.39 is 0 Å². The number of benzene rings is 1. The molecule has 5 heteroatoms. The van der Waals surface area contributed by atoms with Crippen LogP contribution in [0.1, 0.15) is 23.2 Å². The van der Waals surface area contributed by atoms with Gasteiger partial charge in [-0.2, -0.15) is 0 Å². The Morgan fingerprint density at radius 2 is 2.26 bits per heavy atom. The lowest BCUT2D eigenvalue weighted by molar-refractivity contribution is 0.303. The Hall–Kier alpha value is -0.910. The van der Waals surface area contributed by atoms with Crippen LogP contribution in [0.5, 0.6) is 5.75 Å². The average Bonchev–Trinajstić information content (AvgIpc) is 2.81. The van der Waals surface area contributed by atoms with Crippen LogP contribution in [0.3, 0.4) is 0 Å². The first-order valence-corrected chi connectivity index (χ1v) is 7.89. The molecule has 0 atom stereocenters. The summed E-state index contributed by atoms with van der Waals surface area (Å²) in [5.41, 5.74) is 2.29. The summed E-state index contributed by atoms with van der Waals surface area (Å²) in [5, 5.41) is 6.34. The molecule has 102 valence electrons. The molecule has 1 N–H and O–H groups in total. The third-order valence-corrected chi connectivity index (χ3v) is 4.15. The molecule has 0 fully saturated rings. The lowest BCUT2D eigenvalue weighted by atomic mass is 10.2. The molecule has 0 spiro atoms. The number of aromatic nitrogens is 1. The van der Waals surface area contributed by atoms with Gasteiger partial charge in [0.25, 0.3) is 0 Å². The number of ether oxygens (including phenoxy) is 1. The molecule has 1 aromatic carbocycles. The van der Waals surface area contributed by atoms with E-state index in [2.05, 4.69) is 45.3 Å². The fourth-order valence-electron chi connectivity index (χ4n) is 1.65. The van der Waals surface area contributed by atoms with Gasteiger partial charge in [-0.25, -0.2) is 4.98 Å². The van der Waals surface area contributed by atoms with Crippen LogP contribution in [0.15, 0.2) is 28.1 Å². The van der Waals surface area contributed by atoms with Gasteiger partial charge in [0, 0.05) is 17.6 Å². The van der Waals surface area contributed by atoms with Gasteiger partial charge in [-0.3, -0.25) is 0 Å². The zero-order valence-electron chi connectivity index (χ0n) is 11.1. The normalized spacial score (nSPS) is 10.7. The molecular formula is C14H17BrN2OS. The van der Waals surface area contributed by atoms with E-state index >= 15 is 0 Å². The third-order valence-electron chi connectivity index (χ3n) is 2.59. The number of hydrogen-bond acceptors (Lipinski definition) is 4. The highest BCUT2D eigenvalue weighted by Crippen LogP contribution is 2.27. The summed E-state index contributed by atoms with van der Waals surface area (Å²) < 4.78 is 6.76. The van der Waals surface area contributed by atoms with Crippen LogP contribution in [-0.2, 0) is 13.2 Å². The van der Waals surface area contributed by atoms with Gasteiger partial charge in [0.05, 0.1) is 4.47 Å². The minimum Gasteiger partial charge on any atom is -0.485 e. The van der Waals surface area contributed by atoms with Gasteiger partial charge in [0.1, 0.15) is 17.4 Å². The van der Waals surface area contributed by atoms with Gasteiger partial charge < -0.3 is 10.1 Å². The number of rotatable bonds is 6. The van der Waals surface area contributed by atoms with E-state index in [-0.39, 0.29) is 0 Å². The van der Waals surface area contributed by atoms with E-state index in [0.717, 1.165) is 34.0 Å². The number of nitrogens with zero attached hydrogens (tertiary/aromatic N) is 1. The molecule has 1 aromatic heterocycles. The molecule has 0 bridgehead atoms. The lowest BCUT2D eigenvalue weighted by Gasteiger charge is -2.09. The molecule has 3 nitrogen and oxygen atoms in total. The minimum absolute atomic E-state index is 0.518. The first-order valence-electron chi connectivity index (χ1n) is 6.22. The quantitative estimate of drug-likeness (QED) is 0.865. The van der Waals surface area contributed by atoms with Crippen molar-refractivity contribution in [1.82, 2.24) is 10.3 Å². The molecule has 0 radical (unpaired) electrons. The summed E-state index contributed by atoms with van der Waals surface area (Å²) in [6.45, 7) is 6.46. The summed E-state index contributed by atoms with van der Waals surface area (Å²) >= 11 is 5.18. The van der Waals surface area contributed by atoms with Gasteiger partial charge in [-0.15, -0.1) is 11.3 Å². The van der Waals surface area contributed by atoms with Crippen LogP contribution in [0.25, 0.3) is 0 Å². The monoisotopic (exact) mass is 340 g/mol. The predicted octanol–water partition coefficient (Wildman–Crippen LogP) is 3.90. The van der Waals surface area contributed by atoms with E-state index in [1.807, 2.05) is 18.4 Å². The Bertz CT molecular complexity index is 542. The molecule has 0 amide bonds. The SMILES string of the molecule is CCNCc1ccc(OCc2nc(C)cs2)c(Br)c1. The smallest absolute Gasteiger partial charge is 0.140 e. The van der Waals surface area contributed by atoms with Crippen molar-refractivity contribution in [2.75, 3.05) is 6.54 Å². The van der Waals surface area contributed by atoms with Crippen molar-refractivity contribution < 1.29 is 4.74 Å². The molecule has 0 aliphatic carbocycles. The molecule has 2 rings (SSSR count). The summed E-state index contributed by atoms with van der Waals surface area (Å²) in [6.07, 6.45) is 0. The van der Waals surface area contributed by atoms with E-state index in [1.54, 1.807) is 11.3 Å². The fourth-order valence-corrected chi connectivity index (χ4v) is 2.87. The van der Waals surface area contributed by atoms with Crippen LogP contribution in [0.2, 0.25) is 0 Å². The van der Waals surface area contributed by atoms with Crippen molar-refractivity contribution >= 4 is 27.3 Å². The molecule has 2 aromatic rings. The second-order valence-corrected chi connectivity index (χ2v) is 6.01. The van der Waals surface area contributed by atoms with Crippen molar-refractivity contribution in [2.45, 2.75) is 27.0 Å². The van der Waals surface area contributed by atoms with Gasteiger partial charge in [-0.1, -0.05) is 13.0 Å². The Morgan fingerprint density at radius 1 is 1.42 bits per heavy atom. The second kappa shape index (κ2) is 7.03. The van der Waals surface area contributed by atoms with Crippen LogP contribution < -0.4 is 10.1 Å². The molecule has 1 heterocycles. The third kappa shape index (κ3) is 4.30. The maximum atomic E-state index is 5.78. The van der Waals surface area contributed by atoms with Crippen molar-refractivity contribution in [1.29, 1.82) is 0 Å². The van der Waals surface area contributed by atoms with Crippen LogP contribution in [0, 0.1) is 6.92 Å². The average molecular weight is 341 g/mol. The maximum absolute atomic E-state index is 5.78.